The highest BCUT2D eigenvalue weighted by Gasteiger charge is 2.24. The molecule has 0 saturated carbocycles. The first-order chi connectivity index (χ1) is 11.1. The molecule has 0 aliphatic rings. The maximum atomic E-state index is 12.4. The molecule has 2 aromatic carbocycles. The number of rotatable bonds is 3. The number of aromatic nitrogens is 1. The van der Waals surface area contributed by atoms with Gasteiger partial charge in [0, 0.05) is 11.5 Å². The minimum atomic E-state index is -0.629. The molecule has 0 spiro atoms. The van der Waals surface area contributed by atoms with Crippen molar-refractivity contribution >= 4 is 22.7 Å². The molecule has 6 nitrogen and oxygen atoms in total. The number of nitrogens with zero attached hydrogens (tertiary/aromatic N) is 2. The van der Waals surface area contributed by atoms with E-state index in [4.69, 9.17) is 4.74 Å². The molecule has 1 heterocycles. The average molecular weight is 310 g/mol. The summed E-state index contributed by atoms with van der Waals surface area (Å²) in [6.07, 6.45) is -0.629. The lowest BCUT2D eigenvalue weighted by atomic mass is 10.1. The first-order valence-electron chi connectivity index (χ1n) is 7.15. The van der Waals surface area contributed by atoms with Crippen LogP contribution in [-0.4, -0.2) is 22.2 Å². The fourth-order valence-electron chi connectivity index (χ4n) is 2.59. The van der Waals surface area contributed by atoms with Crippen molar-refractivity contribution in [2.75, 3.05) is 6.61 Å². The van der Waals surface area contributed by atoms with E-state index < -0.39 is 11.0 Å². The third kappa shape index (κ3) is 2.55. The van der Waals surface area contributed by atoms with Crippen LogP contribution in [-0.2, 0) is 4.74 Å². The Bertz CT molecular complexity index is 884. The van der Waals surface area contributed by atoms with Gasteiger partial charge in [-0.1, -0.05) is 42.5 Å². The van der Waals surface area contributed by atoms with Gasteiger partial charge in [0.15, 0.2) is 0 Å². The van der Waals surface area contributed by atoms with Crippen molar-refractivity contribution in [3.8, 4) is 11.3 Å². The number of hydrogen-bond acceptors (Lipinski definition) is 4. The first-order valence-corrected chi connectivity index (χ1v) is 7.15. The zero-order valence-electron chi connectivity index (χ0n) is 12.4. The number of fused-ring (bicyclic) bond motifs is 1. The van der Waals surface area contributed by atoms with Crippen LogP contribution >= 0.6 is 0 Å². The number of para-hydroxylation sites is 1. The number of nitro benzene ring substituents is 1. The van der Waals surface area contributed by atoms with Crippen molar-refractivity contribution in [3.05, 3.63) is 64.7 Å². The average Bonchev–Trinajstić information content (AvgIpc) is 2.95. The summed E-state index contributed by atoms with van der Waals surface area (Å²) in [5.74, 6) is 0. The first kappa shape index (κ1) is 14.8. The lowest BCUT2D eigenvalue weighted by Crippen LogP contribution is -2.15. The number of non-ortho nitro benzene ring substituents is 1. The number of nitro groups is 1. The normalized spacial score (nSPS) is 10.7. The van der Waals surface area contributed by atoms with Crippen LogP contribution in [0.2, 0.25) is 0 Å². The molecule has 23 heavy (non-hydrogen) atoms. The van der Waals surface area contributed by atoms with Gasteiger partial charge in [0.25, 0.3) is 5.69 Å². The fourth-order valence-corrected chi connectivity index (χ4v) is 2.59. The largest absolute Gasteiger partial charge is 0.449 e. The maximum absolute atomic E-state index is 12.4. The SMILES string of the molecule is CCOC(=O)n1c(-c2ccccc2)cc2cccc([N+](=O)[O-])c21. The van der Waals surface area contributed by atoms with E-state index in [0.717, 1.165) is 5.56 Å². The molecular formula is C17H14N2O4. The van der Waals surface area contributed by atoms with Gasteiger partial charge in [-0.2, -0.15) is 0 Å². The van der Waals surface area contributed by atoms with E-state index in [1.165, 1.54) is 10.6 Å². The Balaban J connectivity index is 2.36. The molecule has 0 atom stereocenters. The molecule has 0 unspecified atom stereocenters. The molecule has 0 saturated heterocycles. The van der Waals surface area contributed by atoms with Crippen molar-refractivity contribution < 1.29 is 14.5 Å². The van der Waals surface area contributed by atoms with Crippen LogP contribution < -0.4 is 0 Å². The van der Waals surface area contributed by atoms with Gasteiger partial charge in [0.05, 0.1) is 17.2 Å². The maximum Gasteiger partial charge on any atom is 0.419 e. The van der Waals surface area contributed by atoms with Gasteiger partial charge < -0.3 is 4.74 Å². The molecule has 0 radical (unpaired) electrons. The van der Waals surface area contributed by atoms with Gasteiger partial charge in [0.2, 0.25) is 0 Å². The Hall–Kier alpha value is -3.15. The van der Waals surface area contributed by atoms with Crippen LogP contribution in [0.1, 0.15) is 6.92 Å². The lowest BCUT2D eigenvalue weighted by Gasteiger charge is -2.09. The third-order valence-corrected chi connectivity index (χ3v) is 3.52. The minimum absolute atomic E-state index is 0.127. The zero-order chi connectivity index (χ0) is 16.4. The monoisotopic (exact) mass is 310 g/mol. The molecular weight excluding hydrogens is 296 g/mol. The second-order valence-corrected chi connectivity index (χ2v) is 4.90. The van der Waals surface area contributed by atoms with Gasteiger partial charge in [0.1, 0.15) is 5.52 Å². The lowest BCUT2D eigenvalue weighted by molar-refractivity contribution is -0.383. The summed E-state index contributed by atoms with van der Waals surface area (Å²) in [5.41, 5.74) is 1.46. The second kappa shape index (κ2) is 5.92. The molecule has 0 amide bonds. The molecule has 6 heteroatoms. The highest BCUT2D eigenvalue weighted by molar-refractivity contribution is 6.00. The van der Waals surface area contributed by atoms with Crippen LogP contribution in [0.5, 0.6) is 0 Å². The molecule has 0 bridgehead atoms. The van der Waals surface area contributed by atoms with Gasteiger partial charge >= 0.3 is 6.09 Å². The second-order valence-electron chi connectivity index (χ2n) is 4.90. The van der Waals surface area contributed by atoms with Crippen molar-refractivity contribution in [1.29, 1.82) is 0 Å². The molecule has 116 valence electrons. The van der Waals surface area contributed by atoms with E-state index in [1.54, 1.807) is 25.1 Å². The zero-order valence-corrected chi connectivity index (χ0v) is 12.4. The van der Waals surface area contributed by atoms with Gasteiger partial charge in [-0.3, -0.25) is 10.1 Å². The Morgan fingerprint density at radius 3 is 2.57 bits per heavy atom. The van der Waals surface area contributed by atoms with Crippen LogP contribution in [0.3, 0.4) is 0 Å². The third-order valence-electron chi connectivity index (χ3n) is 3.52. The summed E-state index contributed by atoms with van der Waals surface area (Å²) in [6.45, 7) is 1.88. The van der Waals surface area contributed by atoms with Crippen LogP contribution in [0, 0.1) is 10.1 Å². The van der Waals surface area contributed by atoms with Crippen LogP contribution in [0.15, 0.2) is 54.6 Å². The van der Waals surface area contributed by atoms with Crippen LogP contribution in [0.4, 0.5) is 10.5 Å². The minimum Gasteiger partial charge on any atom is -0.449 e. The topological polar surface area (TPSA) is 74.4 Å². The van der Waals surface area contributed by atoms with Crippen molar-refractivity contribution in [2.24, 2.45) is 0 Å². The number of hydrogen-bond donors (Lipinski definition) is 0. The molecule has 0 aliphatic carbocycles. The predicted molar refractivity (Wildman–Crippen MR) is 86.4 cm³/mol. The summed E-state index contributed by atoms with van der Waals surface area (Å²) in [5, 5.41) is 12.0. The van der Waals surface area contributed by atoms with E-state index in [-0.39, 0.29) is 17.8 Å². The van der Waals surface area contributed by atoms with Gasteiger partial charge in [-0.05, 0) is 18.6 Å². The summed E-state index contributed by atoms with van der Waals surface area (Å²) < 4.78 is 6.36. The quantitative estimate of drug-likeness (QED) is 0.536. The smallest absolute Gasteiger partial charge is 0.419 e. The van der Waals surface area contributed by atoms with E-state index in [1.807, 2.05) is 30.3 Å². The van der Waals surface area contributed by atoms with E-state index in [0.29, 0.717) is 11.1 Å². The molecule has 1 aromatic heterocycles. The van der Waals surface area contributed by atoms with E-state index >= 15 is 0 Å². The number of carbonyl (C=O) groups excluding carboxylic acids is 1. The highest BCUT2D eigenvalue weighted by Crippen LogP contribution is 2.33. The summed E-state index contributed by atoms with van der Waals surface area (Å²) in [4.78, 5) is 23.2. The fraction of sp³-hybridized carbons (Fsp3) is 0.118. The molecule has 0 aliphatic heterocycles. The summed E-state index contributed by atoms with van der Waals surface area (Å²) in [6, 6.07) is 15.7. The van der Waals surface area contributed by atoms with Crippen molar-refractivity contribution in [1.82, 2.24) is 4.57 Å². The molecule has 0 fully saturated rings. The van der Waals surface area contributed by atoms with Gasteiger partial charge in [-0.15, -0.1) is 0 Å². The van der Waals surface area contributed by atoms with Crippen molar-refractivity contribution in [2.45, 2.75) is 6.92 Å². The molecule has 0 N–H and O–H groups in total. The number of benzene rings is 2. The van der Waals surface area contributed by atoms with Crippen molar-refractivity contribution in [3.63, 3.8) is 0 Å². The molecule has 3 aromatic rings. The number of carbonyl (C=O) groups is 1. The Morgan fingerprint density at radius 1 is 1.17 bits per heavy atom. The Kier molecular flexibility index (Phi) is 3.80. The van der Waals surface area contributed by atoms with E-state index in [9.17, 15) is 14.9 Å². The predicted octanol–water partition coefficient (Wildman–Crippen LogP) is 4.22. The summed E-state index contributed by atoms with van der Waals surface area (Å²) in [7, 11) is 0. The van der Waals surface area contributed by atoms with Gasteiger partial charge in [-0.25, -0.2) is 9.36 Å². The van der Waals surface area contributed by atoms with Crippen LogP contribution in [0.25, 0.3) is 22.2 Å². The standard InChI is InChI=1S/C17H14N2O4/c1-2-23-17(20)18-15(12-7-4-3-5-8-12)11-13-9-6-10-14(16(13)18)19(21)22/h3-11H,2H2,1H3. The van der Waals surface area contributed by atoms with E-state index in [2.05, 4.69) is 0 Å². The Labute approximate surface area is 132 Å². The highest BCUT2D eigenvalue weighted by atomic mass is 16.6. The molecule has 3 rings (SSSR count). The number of ether oxygens (including phenoxy) is 1. The summed E-state index contributed by atoms with van der Waals surface area (Å²) >= 11 is 0. The Morgan fingerprint density at radius 2 is 1.91 bits per heavy atom.